The first-order valence-electron chi connectivity index (χ1n) is 6.94. The Morgan fingerprint density at radius 1 is 1.00 bits per heavy atom. The number of nitrogens with one attached hydrogen (secondary N) is 2. The van der Waals surface area contributed by atoms with Crippen LogP contribution in [0.3, 0.4) is 0 Å². The van der Waals surface area contributed by atoms with Gasteiger partial charge in [0.25, 0.3) is 0 Å². The van der Waals surface area contributed by atoms with Crippen LogP contribution in [0.15, 0.2) is 54.6 Å². The molecule has 0 unspecified atom stereocenters. The molecule has 0 aromatic heterocycles. The molecule has 2 atom stereocenters. The van der Waals surface area contributed by atoms with Crippen molar-refractivity contribution in [1.82, 2.24) is 5.32 Å². The number of hydrogen-bond acceptors (Lipinski definition) is 2. The summed E-state index contributed by atoms with van der Waals surface area (Å²) in [6.07, 6.45) is 0. The third-order valence-electron chi connectivity index (χ3n) is 3.31. The monoisotopic (exact) mass is 302 g/mol. The smallest absolute Gasteiger partial charge is 0.241 e. The van der Waals surface area contributed by atoms with E-state index in [9.17, 15) is 4.79 Å². The Kier molecular flexibility index (Phi) is 5.37. The Balaban J connectivity index is 1.96. The minimum atomic E-state index is -0.323. The zero-order valence-corrected chi connectivity index (χ0v) is 12.9. The van der Waals surface area contributed by atoms with E-state index in [4.69, 9.17) is 11.6 Å². The summed E-state index contributed by atoms with van der Waals surface area (Å²) in [5.74, 6) is -0.0693. The van der Waals surface area contributed by atoms with Crippen molar-refractivity contribution in [2.24, 2.45) is 0 Å². The fourth-order valence-corrected chi connectivity index (χ4v) is 2.44. The molecule has 0 spiro atoms. The Morgan fingerprint density at radius 3 is 2.29 bits per heavy atom. The lowest BCUT2D eigenvalue weighted by atomic mass is 10.1. The summed E-state index contributed by atoms with van der Waals surface area (Å²) in [4.78, 5) is 12.2. The maximum Gasteiger partial charge on any atom is 0.241 e. The highest BCUT2D eigenvalue weighted by Gasteiger charge is 2.17. The maximum atomic E-state index is 12.2. The normalized spacial score (nSPS) is 13.5. The van der Waals surface area contributed by atoms with Crippen LogP contribution >= 0.6 is 11.6 Å². The molecular formula is C17H19ClN2O. The number of rotatable bonds is 5. The second kappa shape index (κ2) is 7.25. The number of carbonyl (C=O) groups is 1. The quantitative estimate of drug-likeness (QED) is 0.876. The fourth-order valence-electron chi connectivity index (χ4n) is 2.14. The molecule has 1 amide bonds. The van der Waals surface area contributed by atoms with Gasteiger partial charge in [0.05, 0.1) is 6.04 Å². The molecule has 0 aliphatic carbocycles. The minimum Gasteiger partial charge on any atom is -0.325 e. The van der Waals surface area contributed by atoms with Crippen molar-refractivity contribution < 1.29 is 4.79 Å². The first-order valence-corrected chi connectivity index (χ1v) is 7.32. The van der Waals surface area contributed by atoms with Crippen molar-refractivity contribution in [3.05, 3.63) is 65.2 Å². The first kappa shape index (κ1) is 15.5. The van der Waals surface area contributed by atoms with E-state index in [0.29, 0.717) is 5.02 Å². The van der Waals surface area contributed by atoms with Crippen LogP contribution in [0.5, 0.6) is 0 Å². The predicted molar refractivity (Wildman–Crippen MR) is 87.5 cm³/mol. The van der Waals surface area contributed by atoms with Crippen LogP contribution in [0.25, 0.3) is 0 Å². The van der Waals surface area contributed by atoms with E-state index >= 15 is 0 Å². The van der Waals surface area contributed by atoms with Gasteiger partial charge in [0.1, 0.15) is 0 Å². The average Bonchev–Trinajstić information content (AvgIpc) is 2.48. The van der Waals surface area contributed by atoms with Gasteiger partial charge in [-0.05, 0) is 37.6 Å². The van der Waals surface area contributed by atoms with E-state index in [1.165, 1.54) is 0 Å². The molecule has 0 aliphatic heterocycles. The summed E-state index contributed by atoms with van der Waals surface area (Å²) in [7, 11) is 0. The van der Waals surface area contributed by atoms with E-state index in [0.717, 1.165) is 11.3 Å². The fraction of sp³-hybridized carbons (Fsp3) is 0.235. The second-order valence-corrected chi connectivity index (χ2v) is 5.39. The van der Waals surface area contributed by atoms with Crippen molar-refractivity contribution in [3.8, 4) is 0 Å². The summed E-state index contributed by atoms with van der Waals surface area (Å²) < 4.78 is 0. The molecule has 3 nitrogen and oxygen atoms in total. The van der Waals surface area contributed by atoms with Crippen LogP contribution < -0.4 is 10.6 Å². The summed E-state index contributed by atoms with van der Waals surface area (Å²) in [5, 5.41) is 6.84. The van der Waals surface area contributed by atoms with Gasteiger partial charge >= 0.3 is 0 Å². The summed E-state index contributed by atoms with van der Waals surface area (Å²) >= 11 is 6.17. The van der Waals surface area contributed by atoms with Gasteiger partial charge in [-0.25, -0.2) is 0 Å². The first-order chi connectivity index (χ1) is 10.1. The highest BCUT2D eigenvalue weighted by atomic mass is 35.5. The molecule has 0 radical (unpaired) electrons. The molecule has 4 heteroatoms. The number of amides is 1. The molecule has 0 fully saturated rings. The van der Waals surface area contributed by atoms with E-state index in [1.807, 2.05) is 68.4 Å². The van der Waals surface area contributed by atoms with E-state index in [-0.39, 0.29) is 18.0 Å². The molecule has 0 heterocycles. The zero-order valence-electron chi connectivity index (χ0n) is 12.1. The summed E-state index contributed by atoms with van der Waals surface area (Å²) in [5.41, 5.74) is 1.78. The van der Waals surface area contributed by atoms with Crippen LogP contribution in [0.2, 0.25) is 5.02 Å². The number of halogens is 1. The van der Waals surface area contributed by atoms with Gasteiger partial charge in [-0.2, -0.15) is 0 Å². The zero-order chi connectivity index (χ0) is 15.2. The number of carbonyl (C=O) groups excluding carboxylic acids is 1. The molecule has 2 N–H and O–H groups in total. The molecule has 0 bridgehead atoms. The Labute approximate surface area is 130 Å². The van der Waals surface area contributed by atoms with Crippen LogP contribution in [-0.4, -0.2) is 11.9 Å². The Morgan fingerprint density at radius 2 is 1.62 bits per heavy atom. The highest BCUT2D eigenvalue weighted by Crippen LogP contribution is 2.22. The van der Waals surface area contributed by atoms with E-state index < -0.39 is 0 Å². The molecule has 0 aliphatic rings. The van der Waals surface area contributed by atoms with Crippen LogP contribution in [0.1, 0.15) is 25.5 Å². The standard InChI is InChI=1S/C17H19ClN2O/c1-12(15-10-6-7-11-16(15)18)19-13(2)17(21)20-14-8-4-3-5-9-14/h3-13,19H,1-2H3,(H,20,21)/t12-,13+/m0/s1. The van der Waals surface area contributed by atoms with Gasteiger partial charge < -0.3 is 5.32 Å². The van der Waals surface area contributed by atoms with Crippen LogP contribution in [-0.2, 0) is 4.79 Å². The molecule has 0 saturated heterocycles. The summed E-state index contributed by atoms with van der Waals surface area (Å²) in [6.45, 7) is 3.83. The highest BCUT2D eigenvalue weighted by molar-refractivity contribution is 6.31. The predicted octanol–water partition coefficient (Wildman–Crippen LogP) is 4.02. The number of benzene rings is 2. The third kappa shape index (κ3) is 4.31. The lowest BCUT2D eigenvalue weighted by Crippen LogP contribution is -2.39. The molecule has 21 heavy (non-hydrogen) atoms. The van der Waals surface area contributed by atoms with Gasteiger partial charge in [0.15, 0.2) is 0 Å². The van der Waals surface area contributed by atoms with Crippen LogP contribution in [0, 0.1) is 0 Å². The van der Waals surface area contributed by atoms with E-state index in [2.05, 4.69) is 10.6 Å². The molecule has 110 valence electrons. The van der Waals surface area contributed by atoms with Crippen molar-refractivity contribution in [3.63, 3.8) is 0 Å². The second-order valence-electron chi connectivity index (χ2n) is 4.99. The Hall–Kier alpha value is -1.84. The molecule has 0 saturated carbocycles. The largest absolute Gasteiger partial charge is 0.325 e. The van der Waals surface area contributed by atoms with Gasteiger partial charge in [-0.15, -0.1) is 0 Å². The Bertz CT molecular complexity index is 601. The molecule has 2 aromatic carbocycles. The van der Waals surface area contributed by atoms with Crippen molar-refractivity contribution >= 4 is 23.2 Å². The van der Waals surface area contributed by atoms with E-state index in [1.54, 1.807) is 0 Å². The van der Waals surface area contributed by atoms with Gasteiger partial charge in [-0.1, -0.05) is 48.0 Å². The minimum absolute atomic E-state index is 0.00442. The molecular weight excluding hydrogens is 284 g/mol. The van der Waals surface area contributed by atoms with Crippen molar-refractivity contribution in [2.45, 2.75) is 25.9 Å². The van der Waals surface area contributed by atoms with Crippen molar-refractivity contribution in [2.75, 3.05) is 5.32 Å². The maximum absolute atomic E-state index is 12.2. The number of hydrogen-bond donors (Lipinski definition) is 2. The lowest BCUT2D eigenvalue weighted by molar-refractivity contribution is -0.117. The molecule has 2 rings (SSSR count). The lowest BCUT2D eigenvalue weighted by Gasteiger charge is -2.20. The van der Waals surface area contributed by atoms with Gasteiger partial charge in [-0.3, -0.25) is 10.1 Å². The van der Waals surface area contributed by atoms with Gasteiger partial charge in [0.2, 0.25) is 5.91 Å². The third-order valence-corrected chi connectivity index (χ3v) is 3.65. The van der Waals surface area contributed by atoms with Crippen molar-refractivity contribution in [1.29, 1.82) is 0 Å². The number of anilines is 1. The summed E-state index contributed by atoms with van der Waals surface area (Å²) in [6, 6.07) is 16.7. The van der Waals surface area contributed by atoms with Gasteiger partial charge in [0, 0.05) is 16.8 Å². The van der Waals surface area contributed by atoms with Crippen LogP contribution in [0.4, 0.5) is 5.69 Å². The number of para-hydroxylation sites is 1. The average molecular weight is 303 g/mol. The molecule has 2 aromatic rings. The topological polar surface area (TPSA) is 41.1 Å². The SMILES string of the molecule is C[C@H](N[C@H](C)C(=O)Nc1ccccc1)c1ccccc1Cl.